The highest BCUT2D eigenvalue weighted by molar-refractivity contribution is 5.85. The van der Waals surface area contributed by atoms with Crippen LogP contribution in [0.5, 0.6) is 5.75 Å². The second kappa shape index (κ2) is 10.1. The van der Waals surface area contributed by atoms with Gasteiger partial charge in [-0.15, -0.1) is 12.4 Å². The summed E-state index contributed by atoms with van der Waals surface area (Å²) in [5.41, 5.74) is 1.22. The summed E-state index contributed by atoms with van der Waals surface area (Å²) in [6.45, 7) is 6.33. The van der Waals surface area contributed by atoms with Crippen molar-refractivity contribution >= 4 is 12.4 Å². The first kappa shape index (κ1) is 19.3. The summed E-state index contributed by atoms with van der Waals surface area (Å²) >= 11 is 0. The molecule has 22 heavy (non-hydrogen) atoms. The molecule has 4 heteroatoms. The van der Waals surface area contributed by atoms with Crippen molar-refractivity contribution in [2.24, 2.45) is 0 Å². The lowest BCUT2D eigenvalue weighted by atomic mass is 9.94. The molecule has 1 atom stereocenters. The summed E-state index contributed by atoms with van der Waals surface area (Å²) in [5.74, 6) is 0.834. The van der Waals surface area contributed by atoms with E-state index in [1.54, 1.807) is 0 Å². The van der Waals surface area contributed by atoms with Crippen molar-refractivity contribution in [1.29, 1.82) is 0 Å². The van der Waals surface area contributed by atoms with Crippen LogP contribution in [0.4, 0.5) is 0 Å². The molecule has 1 N–H and O–H groups in total. The molecule has 3 nitrogen and oxygen atoms in total. The second-order valence-corrected chi connectivity index (χ2v) is 6.16. The molecular weight excluding hydrogens is 298 g/mol. The van der Waals surface area contributed by atoms with Crippen LogP contribution in [0.2, 0.25) is 0 Å². The van der Waals surface area contributed by atoms with E-state index in [2.05, 4.69) is 18.7 Å². The smallest absolute Gasteiger partial charge is 0.119 e. The van der Waals surface area contributed by atoms with Crippen molar-refractivity contribution in [1.82, 2.24) is 4.90 Å². The SMILES string of the molecule is CCN(CC(O)COc1ccc(C)cc1)C1CCCCC1.Cl. The number of rotatable bonds is 7. The highest BCUT2D eigenvalue weighted by Crippen LogP contribution is 2.22. The van der Waals surface area contributed by atoms with Crippen LogP contribution in [-0.2, 0) is 0 Å². The van der Waals surface area contributed by atoms with Gasteiger partial charge in [-0.25, -0.2) is 0 Å². The van der Waals surface area contributed by atoms with Crippen LogP contribution in [0.25, 0.3) is 0 Å². The van der Waals surface area contributed by atoms with Crippen molar-refractivity contribution in [3.8, 4) is 5.75 Å². The van der Waals surface area contributed by atoms with Crippen LogP contribution >= 0.6 is 12.4 Å². The summed E-state index contributed by atoms with van der Waals surface area (Å²) in [7, 11) is 0. The maximum Gasteiger partial charge on any atom is 0.119 e. The van der Waals surface area contributed by atoms with Crippen LogP contribution < -0.4 is 4.74 Å². The van der Waals surface area contributed by atoms with Crippen molar-refractivity contribution in [3.05, 3.63) is 29.8 Å². The van der Waals surface area contributed by atoms with E-state index < -0.39 is 6.10 Å². The van der Waals surface area contributed by atoms with Gasteiger partial charge in [0.15, 0.2) is 0 Å². The normalized spacial score (nSPS) is 17.1. The van der Waals surface area contributed by atoms with Gasteiger partial charge in [-0.3, -0.25) is 4.90 Å². The third-order valence-electron chi connectivity index (χ3n) is 4.41. The molecule has 0 aromatic heterocycles. The number of aliphatic hydroxyl groups is 1. The molecule has 0 heterocycles. The van der Waals surface area contributed by atoms with Crippen molar-refractivity contribution < 1.29 is 9.84 Å². The van der Waals surface area contributed by atoms with Crippen molar-refractivity contribution in [3.63, 3.8) is 0 Å². The molecule has 0 amide bonds. The number of benzene rings is 1. The first-order valence-electron chi connectivity index (χ1n) is 8.30. The Hall–Kier alpha value is -0.770. The molecule has 0 spiro atoms. The molecule has 0 radical (unpaired) electrons. The predicted molar refractivity (Wildman–Crippen MR) is 94.0 cm³/mol. The van der Waals surface area contributed by atoms with E-state index in [-0.39, 0.29) is 12.4 Å². The largest absolute Gasteiger partial charge is 0.491 e. The Labute approximate surface area is 141 Å². The van der Waals surface area contributed by atoms with Crippen molar-refractivity contribution in [2.75, 3.05) is 19.7 Å². The topological polar surface area (TPSA) is 32.7 Å². The Morgan fingerprint density at radius 1 is 1.18 bits per heavy atom. The molecule has 1 aromatic rings. The third-order valence-corrected chi connectivity index (χ3v) is 4.41. The standard InChI is InChI=1S/C18H29NO2.ClH/c1-3-19(16-7-5-4-6-8-16)13-17(20)14-21-18-11-9-15(2)10-12-18;/h9-12,16-17,20H,3-8,13-14H2,1-2H3;1H. The molecule has 1 aliphatic carbocycles. The summed E-state index contributed by atoms with van der Waals surface area (Å²) in [4.78, 5) is 2.42. The third kappa shape index (κ3) is 6.15. The van der Waals surface area contributed by atoms with Gasteiger partial charge in [0.2, 0.25) is 0 Å². The van der Waals surface area contributed by atoms with E-state index in [9.17, 15) is 5.11 Å². The summed E-state index contributed by atoms with van der Waals surface area (Å²) in [6, 6.07) is 8.63. The zero-order chi connectivity index (χ0) is 15.1. The van der Waals surface area contributed by atoms with Gasteiger partial charge in [-0.05, 0) is 38.4 Å². The van der Waals surface area contributed by atoms with E-state index in [0.29, 0.717) is 19.2 Å². The second-order valence-electron chi connectivity index (χ2n) is 6.16. The van der Waals surface area contributed by atoms with Gasteiger partial charge in [0, 0.05) is 12.6 Å². The van der Waals surface area contributed by atoms with Gasteiger partial charge in [0.25, 0.3) is 0 Å². The van der Waals surface area contributed by atoms with Gasteiger partial charge >= 0.3 is 0 Å². The summed E-state index contributed by atoms with van der Waals surface area (Å²) in [5, 5.41) is 10.2. The molecule has 126 valence electrons. The first-order valence-corrected chi connectivity index (χ1v) is 8.30. The van der Waals surface area contributed by atoms with Gasteiger partial charge in [0.05, 0.1) is 0 Å². The van der Waals surface area contributed by atoms with E-state index in [1.165, 1.54) is 37.7 Å². The average Bonchev–Trinajstić information content (AvgIpc) is 2.53. The van der Waals surface area contributed by atoms with E-state index in [0.717, 1.165) is 12.3 Å². The van der Waals surface area contributed by atoms with Gasteiger partial charge < -0.3 is 9.84 Å². The molecular formula is C18H30ClNO2. The molecule has 0 saturated heterocycles. The minimum absolute atomic E-state index is 0. The highest BCUT2D eigenvalue weighted by atomic mass is 35.5. The molecule has 1 saturated carbocycles. The van der Waals surface area contributed by atoms with E-state index in [4.69, 9.17) is 4.74 Å². The minimum Gasteiger partial charge on any atom is -0.491 e. The fourth-order valence-electron chi connectivity index (χ4n) is 3.13. The average molecular weight is 328 g/mol. The fourth-order valence-corrected chi connectivity index (χ4v) is 3.13. The number of nitrogens with zero attached hydrogens (tertiary/aromatic N) is 1. The number of hydrogen-bond donors (Lipinski definition) is 1. The van der Waals surface area contributed by atoms with E-state index in [1.807, 2.05) is 24.3 Å². The number of ether oxygens (including phenoxy) is 1. The van der Waals surface area contributed by atoms with Crippen LogP contribution in [0.3, 0.4) is 0 Å². The highest BCUT2D eigenvalue weighted by Gasteiger charge is 2.22. The van der Waals surface area contributed by atoms with Crippen LogP contribution in [0, 0.1) is 6.92 Å². The molecule has 0 aliphatic heterocycles. The number of aryl methyl sites for hydroxylation is 1. The number of hydrogen-bond acceptors (Lipinski definition) is 3. The molecule has 2 rings (SSSR count). The summed E-state index contributed by atoms with van der Waals surface area (Å²) in [6.07, 6.45) is 6.16. The summed E-state index contributed by atoms with van der Waals surface area (Å²) < 4.78 is 5.68. The van der Waals surface area contributed by atoms with Crippen LogP contribution in [0.15, 0.2) is 24.3 Å². The fraction of sp³-hybridized carbons (Fsp3) is 0.667. The lowest BCUT2D eigenvalue weighted by Crippen LogP contribution is -2.43. The Balaban J connectivity index is 0.00000242. The van der Waals surface area contributed by atoms with Crippen LogP contribution in [0.1, 0.15) is 44.6 Å². The lowest BCUT2D eigenvalue weighted by molar-refractivity contribution is 0.0463. The molecule has 0 bridgehead atoms. The Morgan fingerprint density at radius 3 is 2.41 bits per heavy atom. The Kier molecular flexibility index (Phi) is 8.84. The molecule has 1 aromatic carbocycles. The van der Waals surface area contributed by atoms with Crippen LogP contribution in [-0.4, -0.2) is 41.8 Å². The number of aliphatic hydroxyl groups excluding tert-OH is 1. The number of likely N-dealkylation sites (N-methyl/N-ethyl adjacent to an activating group) is 1. The van der Waals surface area contributed by atoms with Crippen molar-refractivity contribution in [2.45, 2.75) is 58.1 Å². The maximum atomic E-state index is 10.2. The van der Waals surface area contributed by atoms with Gasteiger partial charge in [-0.2, -0.15) is 0 Å². The van der Waals surface area contributed by atoms with Gasteiger partial charge in [-0.1, -0.05) is 43.9 Å². The zero-order valence-electron chi connectivity index (χ0n) is 13.8. The minimum atomic E-state index is -0.423. The monoisotopic (exact) mass is 327 g/mol. The first-order chi connectivity index (χ1) is 10.2. The van der Waals surface area contributed by atoms with Gasteiger partial charge in [0.1, 0.15) is 18.5 Å². The molecule has 1 unspecified atom stereocenters. The maximum absolute atomic E-state index is 10.2. The Morgan fingerprint density at radius 2 is 1.82 bits per heavy atom. The quantitative estimate of drug-likeness (QED) is 0.826. The zero-order valence-corrected chi connectivity index (χ0v) is 14.6. The Bertz CT molecular complexity index is 404. The predicted octanol–water partition coefficient (Wildman–Crippen LogP) is 3.81. The van der Waals surface area contributed by atoms with E-state index >= 15 is 0 Å². The number of halogens is 1. The molecule has 1 fully saturated rings. The lowest BCUT2D eigenvalue weighted by Gasteiger charge is -2.34. The molecule has 1 aliphatic rings.